The number of rotatable bonds is 7. The highest BCUT2D eigenvalue weighted by Crippen LogP contribution is 2.24. The molecule has 7 heteroatoms. The van der Waals surface area contributed by atoms with Gasteiger partial charge in [-0.2, -0.15) is 5.10 Å². The molecule has 0 aliphatic carbocycles. The van der Waals surface area contributed by atoms with Gasteiger partial charge in [-0.1, -0.05) is 36.7 Å². The lowest BCUT2D eigenvalue weighted by atomic mass is 10.3. The zero-order chi connectivity index (χ0) is 19.4. The van der Waals surface area contributed by atoms with E-state index in [2.05, 4.69) is 15.3 Å². The van der Waals surface area contributed by atoms with Crippen molar-refractivity contribution in [1.29, 1.82) is 0 Å². The molecule has 0 spiro atoms. The number of hydrogen-bond donors (Lipinski definition) is 1. The summed E-state index contributed by atoms with van der Waals surface area (Å²) in [5, 5.41) is 7.62. The number of aromatic nitrogens is 2. The van der Waals surface area contributed by atoms with Crippen molar-refractivity contribution in [3.05, 3.63) is 63.1 Å². The van der Waals surface area contributed by atoms with Gasteiger partial charge < -0.3 is 5.32 Å². The van der Waals surface area contributed by atoms with Gasteiger partial charge in [0.1, 0.15) is 0 Å². The molecule has 0 fully saturated rings. The molecule has 0 atom stereocenters. The zero-order valence-electron chi connectivity index (χ0n) is 15.7. The lowest BCUT2D eigenvalue weighted by Crippen LogP contribution is -2.32. The molecule has 1 N–H and O–H groups in total. The summed E-state index contributed by atoms with van der Waals surface area (Å²) in [6.45, 7) is 7.74. The van der Waals surface area contributed by atoms with Gasteiger partial charge in [0.2, 0.25) is 5.91 Å². The maximum Gasteiger partial charge on any atom is 0.238 e. The lowest BCUT2D eigenvalue weighted by molar-refractivity contribution is -0.117. The standard InChI is InChI=1S/C20H23ClN4OS/c1-4-24(12-17-10-11-18(21)27-17)13-19(26)22-20-14(2)23-25(15(20)3)16-8-6-5-7-9-16/h5-11H,4,12-13H2,1-3H3,(H,22,26). The number of hydrogen-bond acceptors (Lipinski definition) is 4. The van der Waals surface area contributed by atoms with Crippen molar-refractivity contribution in [2.75, 3.05) is 18.4 Å². The molecule has 0 saturated heterocycles. The number of amides is 1. The van der Waals surface area contributed by atoms with Crippen molar-refractivity contribution in [1.82, 2.24) is 14.7 Å². The minimum absolute atomic E-state index is 0.0432. The van der Waals surface area contributed by atoms with E-state index in [1.165, 1.54) is 0 Å². The molecule has 0 unspecified atom stereocenters. The second kappa shape index (κ2) is 8.69. The number of carbonyl (C=O) groups excluding carboxylic acids is 1. The van der Waals surface area contributed by atoms with Crippen LogP contribution in [-0.4, -0.2) is 33.7 Å². The number of aryl methyl sites for hydroxylation is 1. The quantitative estimate of drug-likeness (QED) is 0.625. The number of anilines is 1. The molecule has 1 amide bonds. The molecule has 3 aromatic rings. The van der Waals surface area contributed by atoms with E-state index in [1.807, 2.05) is 67.9 Å². The van der Waals surface area contributed by atoms with E-state index in [9.17, 15) is 4.79 Å². The molecular weight excluding hydrogens is 380 g/mol. The van der Waals surface area contributed by atoms with E-state index >= 15 is 0 Å². The number of nitrogens with zero attached hydrogens (tertiary/aromatic N) is 3. The highest BCUT2D eigenvalue weighted by Gasteiger charge is 2.17. The number of para-hydroxylation sites is 1. The lowest BCUT2D eigenvalue weighted by Gasteiger charge is -2.19. The van der Waals surface area contributed by atoms with Crippen molar-refractivity contribution in [3.8, 4) is 5.69 Å². The Kier molecular flexibility index (Phi) is 6.31. The van der Waals surface area contributed by atoms with Crippen molar-refractivity contribution in [2.45, 2.75) is 27.3 Å². The molecule has 142 valence electrons. The molecule has 1 aromatic carbocycles. The van der Waals surface area contributed by atoms with Gasteiger partial charge in [0.15, 0.2) is 0 Å². The van der Waals surface area contributed by atoms with Crippen molar-refractivity contribution in [3.63, 3.8) is 0 Å². The van der Waals surface area contributed by atoms with Crippen LogP contribution in [0.2, 0.25) is 4.34 Å². The first-order chi connectivity index (χ1) is 13.0. The molecule has 5 nitrogen and oxygen atoms in total. The Morgan fingerprint density at radius 1 is 1.22 bits per heavy atom. The Morgan fingerprint density at radius 2 is 1.96 bits per heavy atom. The van der Waals surface area contributed by atoms with Crippen molar-refractivity contribution < 1.29 is 4.79 Å². The molecule has 0 saturated carbocycles. The SMILES string of the molecule is CCN(CC(=O)Nc1c(C)nn(-c2ccccc2)c1C)Cc1ccc(Cl)s1. The van der Waals surface area contributed by atoms with E-state index in [0.717, 1.165) is 38.5 Å². The summed E-state index contributed by atoms with van der Waals surface area (Å²) >= 11 is 7.55. The van der Waals surface area contributed by atoms with Gasteiger partial charge in [0.05, 0.1) is 33.6 Å². The summed E-state index contributed by atoms with van der Waals surface area (Å²) in [7, 11) is 0. The minimum atomic E-state index is -0.0432. The number of benzene rings is 1. The van der Waals surface area contributed by atoms with E-state index in [1.54, 1.807) is 11.3 Å². The molecule has 0 aliphatic rings. The normalized spacial score (nSPS) is 11.1. The average Bonchev–Trinajstić information content (AvgIpc) is 3.19. The van der Waals surface area contributed by atoms with Crippen LogP contribution < -0.4 is 5.32 Å². The molecule has 27 heavy (non-hydrogen) atoms. The van der Waals surface area contributed by atoms with Crippen LogP contribution in [-0.2, 0) is 11.3 Å². The Bertz CT molecular complexity index is 919. The Morgan fingerprint density at radius 3 is 2.59 bits per heavy atom. The van der Waals surface area contributed by atoms with E-state index in [0.29, 0.717) is 13.1 Å². The number of carbonyl (C=O) groups is 1. The smallest absolute Gasteiger partial charge is 0.238 e. The largest absolute Gasteiger partial charge is 0.322 e. The van der Waals surface area contributed by atoms with Gasteiger partial charge >= 0.3 is 0 Å². The van der Waals surface area contributed by atoms with Gasteiger partial charge in [-0.3, -0.25) is 9.69 Å². The molecular formula is C20H23ClN4OS. The third-order valence-corrected chi connectivity index (χ3v) is 5.60. The van der Waals surface area contributed by atoms with Crippen LogP contribution in [0.4, 0.5) is 5.69 Å². The van der Waals surface area contributed by atoms with Crippen LogP contribution >= 0.6 is 22.9 Å². The Balaban J connectivity index is 1.69. The first kappa shape index (κ1) is 19.6. The van der Waals surface area contributed by atoms with Crippen LogP contribution in [0.3, 0.4) is 0 Å². The fourth-order valence-corrected chi connectivity index (χ4v) is 4.09. The maximum atomic E-state index is 12.6. The Hall–Kier alpha value is -2.15. The van der Waals surface area contributed by atoms with Crippen molar-refractivity contribution >= 4 is 34.5 Å². The summed E-state index contributed by atoms with van der Waals surface area (Å²) in [6.07, 6.45) is 0. The van der Waals surface area contributed by atoms with Gasteiger partial charge in [-0.15, -0.1) is 11.3 Å². The second-order valence-electron chi connectivity index (χ2n) is 6.35. The fraction of sp³-hybridized carbons (Fsp3) is 0.300. The second-order valence-corrected chi connectivity index (χ2v) is 8.15. The van der Waals surface area contributed by atoms with E-state index in [-0.39, 0.29) is 5.91 Å². The maximum absolute atomic E-state index is 12.6. The van der Waals surface area contributed by atoms with Gasteiger partial charge in [0, 0.05) is 11.4 Å². The van der Waals surface area contributed by atoms with Crippen LogP contribution in [0.1, 0.15) is 23.2 Å². The Labute approximate surface area is 168 Å². The monoisotopic (exact) mass is 402 g/mol. The number of thiophene rings is 1. The molecule has 0 aliphatic heterocycles. The number of nitrogens with one attached hydrogen (secondary N) is 1. The van der Waals surface area contributed by atoms with Crippen LogP contribution in [0.25, 0.3) is 5.69 Å². The van der Waals surface area contributed by atoms with E-state index in [4.69, 9.17) is 11.6 Å². The highest BCUT2D eigenvalue weighted by atomic mass is 35.5. The van der Waals surface area contributed by atoms with Crippen LogP contribution in [0, 0.1) is 13.8 Å². The predicted molar refractivity (Wildman–Crippen MR) is 112 cm³/mol. The van der Waals surface area contributed by atoms with Crippen LogP contribution in [0.15, 0.2) is 42.5 Å². The van der Waals surface area contributed by atoms with Crippen molar-refractivity contribution in [2.24, 2.45) is 0 Å². The molecule has 2 heterocycles. The third kappa shape index (κ3) is 4.77. The molecule has 2 aromatic heterocycles. The molecule has 0 radical (unpaired) electrons. The first-order valence-electron chi connectivity index (χ1n) is 8.86. The first-order valence-corrected chi connectivity index (χ1v) is 10.1. The predicted octanol–water partition coefficient (Wildman–Crippen LogP) is 4.66. The van der Waals surface area contributed by atoms with Gasteiger partial charge in [0.25, 0.3) is 0 Å². The van der Waals surface area contributed by atoms with Gasteiger partial charge in [-0.25, -0.2) is 4.68 Å². The number of likely N-dealkylation sites (N-methyl/N-ethyl adjacent to an activating group) is 1. The molecule has 3 rings (SSSR count). The summed E-state index contributed by atoms with van der Waals surface area (Å²) < 4.78 is 2.63. The third-order valence-electron chi connectivity index (χ3n) is 4.38. The topological polar surface area (TPSA) is 50.2 Å². The summed E-state index contributed by atoms with van der Waals surface area (Å²) in [5.41, 5.74) is 3.47. The average molecular weight is 403 g/mol. The van der Waals surface area contributed by atoms with Gasteiger partial charge in [-0.05, 0) is 44.7 Å². The summed E-state index contributed by atoms with van der Waals surface area (Å²) in [5.74, 6) is -0.0432. The number of halogens is 1. The van der Waals surface area contributed by atoms with Crippen LogP contribution in [0.5, 0.6) is 0 Å². The summed E-state index contributed by atoms with van der Waals surface area (Å²) in [6, 6.07) is 13.8. The fourth-order valence-electron chi connectivity index (χ4n) is 2.96. The molecule has 0 bridgehead atoms. The zero-order valence-corrected chi connectivity index (χ0v) is 17.3. The highest BCUT2D eigenvalue weighted by molar-refractivity contribution is 7.16. The minimum Gasteiger partial charge on any atom is -0.322 e. The summed E-state index contributed by atoms with van der Waals surface area (Å²) in [4.78, 5) is 15.9. The van der Waals surface area contributed by atoms with E-state index < -0.39 is 0 Å².